The highest BCUT2D eigenvalue weighted by atomic mass is 79.9. The van der Waals surface area contributed by atoms with E-state index in [1.807, 2.05) is 13.8 Å². The molecule has 0 radical (unpaired) electrons. The van der Waals surface area contributed by atoms with Gasteiger partial charge in [0.05, 0.1) is 10.2 Å². The van der Waals surface area contributed by atoms with Crippen molar-refractivity contribution >= 4 is 15.9 Å². The van der Waals surface area contributed by atoms with Gasteiger partial charge in [-0.15, -0.1) is 0 Å². The lowest BCUT2D eigenvalue weighted by molar-refractivity contribution is 0.628. The summed E-state index contributed by atoms with van der Waals surface area (Å²) in [6.45, 7) is 4.00. The van der Waals surface area contributed by atoms with Gasteiger partial charge in [-0.3, -0.25) is 5.10 Å². The number of aromatic amines is 1. The summed E-state index contributed by atoms with van der Waals surface area (Å²) in [6, 6.07) is 6.39. The topological polar surface area (TPSA) is 28.7 Å². The van der Waals surface area contributed by atoms with Gasteiger partial charge in [-0.25, -0.2) is 4.39 Å². The number of nitrogens with one attached hydrogen (secondary N) is 1. The minimum atomic E-state index is -0.224. The molecule has 0 spiro atoms. The number of benzene rings is 1. The van der Waals surface area contributed by atoms with Crippen molar-refractivity contribution in [2.75, 3.05) is 0 Å². The predicted molar refractivity (Wildman–Crippen MR) is 75.0 cm³/mol. The van der Waals surface area contributed by atoms with E-state index in [0.717, 1.165) is 15.7 Å². The zero-order valence-electron chi connectivity index (χ0n) is 10.5. The number of hydrogen-bond acceptors (Lipinski definition) is 1. The zero-order chi connectivity index (χ0) is 13.1. The highest BCUT2D eigenvalue weighted by molar-refractivity contribution is 9.10. The van der Waals surface area contributed by atoms with Crippen LogP contribution in [0.25, 0.3) is 11.3 Å². The van der Waals surface area contributed by atoms with Gasteiger partial charge < -0.3 is 0 Å². The molecule has 1 aromatic heterocycles. The Labute approximate surface area is 115 Å². The molecule has 3 rings (SSSR count). The molecular formula is C14H16BrFN2. The van der Waals surface area contributed by atoms with E-state index in [2.05, 4.69) is 26.1 Å². The Morgan fingerprint density at radius 1 is 1.22 bits per heavy atom. The molecule has 1 saturated carbocycles. The average Bonchev–Trinajstić information content (AvgIpc) is 3.17. The summed E-state index contributed by atoms with van der Waals surface area (Å²) in [6.07, 6.45) is 2.45. The highest BCUT2D eigenvalue weighted by Gasteiger charge is 2.29. The van der Waals surface area contributed by atoms with Crippen molar-refractivity contribution in [3.63, 3.8) is 0 Å². The largest absolute Gasteiger partial charge is 0.280 e. The molecule has 2 aromatic rings. The van der Waals surface area contributed by atoms with Gasteiger partial charge >= 0.3 is 0 Å². The van der Waals surface area contributed by atoms with Gasteiger partial charge in [0.15, 0.2) is 0 Å². The van der Waals surface area contributed by atoms with Gasteiger partial charge in [-0.05, 0) is 53.0 Å². The molecular weight excluding hydrogens is 295 g/mol. The molecule has 2 nitrogen and oxygen atoms in total. The minimum absolute atomic E-state index is 0.224. The summed E-state index contributed by atoms with van der Waals surface area (Å²) in [5.74, 6) is 0.397. The van der Waals surface area contributed by atoms with Gasteiger partial charge in [0.1, 0.15) is 11.5 Å². The van der Waals surface area contributed by atoms with Crippen LogP contribution in [0.3, 0.4) is 0 Å². The maximum Gasteiger partial charge on any atom is 0.123 e. The third-order valence-electron chi connectivity index (χ3n) is 2.84. The Morgan fingerprint density at radius 2 is 1.83 bits per heavy atom. The number of nitrogens with zero attached hydrogens (tertiary/aromatic N) is 1. The molecule has 0 bridgehead atoms. The minimum Gasteiger partial charge on any atom is -0.280 e. The van der Waals surface area contributed by atoms with Gasteiger partial charge in [0.2, 0.25) is 0 Å². The Morgan fingerprint density at radius 3 is 2.39 bits per heavy atom. The molecule has 0 unspecified atom stereocenters. The van der Waals surface area contributed by atoms with Crippen LogP contribution >= 0.6 is 15.9 Å². The molecule has 0 saturated heterocycles. The summed E-state index contributed by atoms with van der Waals surface area (Å²) in [4.78, 5) is 0. The molecule has 1 fully saturated rings. The van der Waals surface area contributed by atoms with E-state index < -0.39 is 0 Å². The van der Waals surface area contributed by atoms with Crippen molar-refractivity contribution in [1.82, 2.24) is 10.2 Å². The van der Waals surface area contributed by atoms with Crippen molar-refractivity contribution in [3.8, 4) is 11.3 Å². The molecule has 0 atom stereocenters. The zero-order valence-corrected chi connectivity index (χ0v) is 12.1. The van der Waals surface area contributed by atoms with Crippen LogP contribution in [-0.4, -0.2) is 10.2 Å². The van der Waals surface area contributed by atoms with E-state index in [9.17, 15) is 4.39 Å². The molecule has 1 aliphatic carbocycles. The second-order valence-corrected chi connectivity index (χ2v) is 4.87. The van der Waals surface area contributed by atoms with Crippen LogP contribution in [0.1, 0.15) is 38.3 Å². The van der Waals surface area contributed by atoms with E-state index in [0.29, 0.717) is 5.92 Å². The fraction of sp³-hybridized carbons (Fsp3) is 0.357. The molecule has 1 aliphatic rings. The van der Waals surface area contributed by atoms with E-state index in [4.69, 9.17) is 0 Å². The predicted octanol–water partition coefficient (Wildman–Crippen LogP) is 4.88. The van der Waals surface area contributed by atoms with Gasteiger partial charge in [0.25, 0.3) is 0 Å². The van der Waals surface area contributed by atoms with Crippen LogP contribution in [0.15, 0.2) is 28.7 Å². The highest BCUT2D eigenvalue weighted by Crippen LogP contribution is 2.44. The average molecular weight is 311 g/mol. The van der Waals surface area contributed by atoms with Gasteiger partial charge in [0, 0.05) is 11.5 Å². The van der Waals surface area contributed by atoms with Crippen molar-refractivity contribution in [1.29, 1.82) is 0 Å². The number of rotatable bonds is 2. The molecule has 1 aromatic carbocycles. The Hall–Kier alpha value is -1.16. The van der Waals surface area contributed by atoms with Crippen molar-refractivity contribution in [2.24, 2.45) is 0 Å². The first-order valence-corrected chi connectivity index (χ1v) is 7.04. The number of hydrogen-bond donors (Lipinski definition) is 1. The lowest BCUT2D eigenvalue weighted by Gasteiger charge is -1.98. The van der Waals surface area contributed by atoms with Gasteiger partial charge in [-0.1, -0.05) is 13.8 Å². The Kier molecular flexibility index (Phi) is 4.17. The molecule has 1 heterocycles. The SMILES string of the molecule is CC.Fc1ccc(-c2n[nH]c(C3CC3)c2Br)cc1. The van der Waals surface area contributed by atoms with Crippen LogP contribution in [0, 0.1) is 5.82 Å². The number of halogens is 2. The van der Waals surface area contributed by atoms with Crippen molar-refractivity contribution in [3.05, 3.63) is 40.2 Å². The number of H-pyrrole nitrogens is 1. The molecule has 1 N–H and O–H groups in total. The van der Waals surface area contributed by atoms with E-state index in [1.54, 1.807) is 12.1 Å². The first-order valence-electron chi connectivity index (χ1n) is 6.25. The monoisotopic (exact) mass is 310 g/mol. The second-order valence-electron chi connectivity index (χ2n) is 4.08. The summed E-state index contributed by atoms with van der Waals surface area (Å²) >= 11 is 3.56. The van der Waals surface area contributed by atoms with Crippen LogP contribution in [-0.2, 0) is 0 Å². The maximum atomic E-state index is 12.8. The third kappa shape index (κ3) is 2.64. The first kappa shape index (κ1) is 13.3. The van der Waals surface area contributed by atoms with Crippen LogP contribution in [0.2, 0.25) is 0 Å². The summed E-state index contributed by atoms with van der Waals surface area (Å²) in [7, 11) is 0. The smallest absolute Gasteiger partial charge is 0.123 e. The molecule has 0 aliphatic heterocycles. The lowest BCUT2D eigenvalue weighted by atomic mass is 10.1. The fourth-order valence-electron chi connectivity index (χ4n) is 1.78. The lowest BCUT2D eigenvalue weighted by Crippen LogP contribution is -1.80. The molecule has 4 heteroatoms. The van der Waals surface area contributed by atoms with E-state index in [-0.39, 0.29) is 5.82 Å². The Balaban J connectivity index is 0.000000574. The third-order valence-corrected chi connectivity index (χ3v) is 3.64. The number of aromatic nitrogens is 2. The summed E-state index contributed by atoms with van der Waals surface area (Å²) in [5, 5.41) is 7.34. The molecule has 0 amide bonds. The van der Waals surface area contributed by atoms with Crippen LogP contribution < -0.4 is 0 Å². The van der Waals surface area contributed by atoms with E-state index in [1.165, 1.54) is 30.7 Å². The van der Waals surface area contributed by atoms with Crippen molar-refractivity contribution in [2.45, 2.75) is 32.6 Å². The van der Waals surface area contributed by atoms with Crippen LogP contribution in [0.4, 0.5) is 4.39 Å². The Bertz CT molecular complexity index is 515. The first-order chi connectivity index (χ1) is 8.75. The summed E-state index contributed by atoms with van der Waals surface area (Å²) in [5.41, 5.74) is 2.96. The maximum absolute atomic E-state index is 12.8. The summed E-state index contributed by atoms with van der Waals surface area (Å²) < 4.78 is 13.8. The van der Waals surface area contributed by atoms with Crippen LogP contribution in [0.5, 0.6) is 0 Å². The molecule has 18 heavy (non-hydrogen) atoms. The second kappa shape index (κ2) is 5.65. The molecule has 96 valence electrons. The van der Waals surface area contributed by atoms with Crippen molar-refractivity contribution < 1.29 is 4.39 Å². The van der Waals surface area contributed by atoms with E-state index >= 15 is 0 Å². The van der Waals surface area contributed by atoms with Gasteiger partial charge in [-0.2, -0.15) is 5.10 Å². The quantitative estimate of drug-likeness (QED) is 0.841. The standard InChI is InChI=1S/C12H10BrFN2.C2H6/c13-10-11(7-1-2-7)15-16-12(10)8-3-5-9(14)6-4-8;1-2/h3-7H,1-2H2,(H,15,16);1-2H3. The fourth-order valence-corrected chi connectivity index (χ4v) is 2.51. The normalized spacial score (nSPS) is 14.0.